The Labute approximate surface area is 318 Å². The number of hydrogen-bond donors (Lipinski definition) is 1. The van der Waals surface area contributed by atoms with Crippen LogP contribution in [0, 0.1) is 43.4 Å². The van der Waals surface area contributed by atoms with E-state index in [2.05, 4.69) is 60.6 Å². The number of allylic oxidation sites excluding steroid dienone is 3. The molecule has 5 heterocycles. The van der Waals surface area contributed by atoms with E-state index >= 15 is 0 Å². The Morgan fingerprint density at radius 1 is 1.00 bits per heavy atom. The molecule has 9 nitrogen and oxygen atoms in total. The van der Waals surface area contributed by atoms with Gasteiger partial charge in [0.15, 0.2) is 0 Å². The van der Waals surface area contributed by atoms with Crippen LogP contribution in [-0.4, -0.2) is 59.9 Å². The summed E-state index contributed by atoms with van der Waals surface area (Å²) in [6.45, 7) is 17.4. The average Bonchev–Trinajstić information content (AvgIpc) is 3.84. The van der Waals surface area contributed by atoms with Gasteiger partial charge < -0.3 is 35.2 Å². The Morgan fingerprint density at radius 3 is 2.41 bits per heavy atom. The zero-order valence-corrected chi connectivity index (χ0v) is 33.2. The van der Waals surface area contributed by atoms with Gasteiger partial charge in [0.1, 0.15) is 5.92 Å². The molecule has 270 valence electrons. The first-order chi connectivity index (χ1) is 23.9. The van der Waals surface area contributed by atoms with E-state index in [1.807, 2.05) is 13.0 Å². The van der Waals surface area contributed by atoms with E-state index in [0.29, 0.717) is 40.8 Å². The molecule has 0 spiro atoms. The van der Waals surface area contributed by atoms with Gasteiger partial charge in [-0.1, -0.05) is 93.1 Å². The first-order valence-electron chi connectivity index (χ1n) is 18.5. The standard InChI is InChI=1S/C41H52N4O5.Mg/c1-10-20(4)15-16-50-34(46)14-13-27-23(7)30-17-28-21(5)25(11-2)32(42-28)18-29-22(6)26(12-3)33(43-29)19-31-24(8)35-39(45-31)36(38(27)44-30)37(40(35)47)41(48)49-9;/h17-20,23,25,27,37-38,40,47H,10-16H2,1-9H3;/q-4;+2/b30-17-,31-19-,32-18-;/t20?,23-,25+,27-,37+,38?,40-;/m0./s1. The number of rotatable bonds is 10. The van der Waals surface area contributed by atoms with Crippen LogP contribution < -0.4 is 20.7 Å². The van der Waals surface area contributed by atoms with Crippen molar-refractivity contribution in [3.63, 3.8) is 0 Å². The molecule has 0 saturated carbocycles. The molecule has 8 bridgehead atoms. The van der Waals surface area contributed by atoms with Crippen LogP contribution in [0.1, 0.15) is 113 Å². The van der Waals surface area contributed by atoms with Gasteiger partial charge in [-0.2, -0.15) is 11.4 Å². The fourth-order valence-electron chi connectivity index (χ4n) is 8.42. The summed E-state index contributed by atoms with van der Waals surface area (Å²) in [5.74, 6) is -1.26. The number of esters is 2. The normalized spacial score (nSPS) is 28.0. The zero-order chi connectivity index (χ0) is 36.0. The maximum atomic E-state index is 13.5. The molecule has 2 unspecified atom stereocenters. The second-order valence-corrected chi connectivity index (χ2v) is 14.6. The third kappa shape index (κ3) is 7.00. The fraction of sp³-hybridized carbons (Fsp3) is 0.561. The molecule has 0 amide bonds. The molecule has 1 saturated heterocycles. The quantitative estimate of drug-likeness (QED) is 0.241. The number of ether oxygens (including phenoxy) is 2. The third-order valence-electron chi connectivity index (χ3n) is 11.8. The summed E-state index contributed by atoms with van der Waals surface area (Å²) >= 11 is 0. The molecule has 1 aliphatic carbocycles. The van der Waals surface area contributed by atoms with E-state index in [-0.39, 0.29) is 53.2 Å². The topological polar surface area (TPSA) is 129 Å². The molecule has 0 aromatic carbocycles. The second-order valence-electron chi connectivity index (χ2n) is 14.6. The van der Waals surface area contributed by atoms with Crippen molar-refractivity contribution in [2.24, 2.45) is 29.6 Å². The van der Waals surface area contributed by atoms with Crippen molar-refractivity contribution < 1.29 is 24.2 Å². The van der Waals surface area contributed by atoms with Gasteiger partial charge in [0.2, 0.25) is 0 Å². The van der Waals surface area contributed by atoms with Crippen LogP contribution in [0.3, 0.4) is 0 Å². The van der Waals surface area contributed by atoms with Gasteiger partial charge in [0, 0.05) is 6.42 Å². The van der Waals surface area contributed by atoms with Crippen molar-refractivity contribution in [1.29, 1.82) is 0 Å². The first kappa shape index (κ1) is 39.0. The monoisotopic (exact) mass is 704 g/mol. The Balaban J connectivity index is 0.00000504. The molecule has 2 aromatic heterocycles. The van der Waals surface area contributed by atoms with E-state index in [1.165, 1.54) is 12.7 Å². The van der Waals surface area contributed by atoms with Crippen molar-refractivity contribution >= 4 is 52.7 Å². The van der Waals surface area contributed by atoms with Crippen LogP contribution in [-0.2, 0) is 25.5 Å². The van der Waals surface area contributed by atoms with Gasteiger partial charge in [-0.25, -0.2) is 0 Å². The Kier molecular flexibility index (Phi) is 12.1. The van der Waals surface area contributed by atoms with Crippen molar-refractivity contribution in [1.82, 2.24) is 9.97 Å². The minimum absolute atomic E-state index is 0. The molecule has 4 aliphatic rings. The second kappa shape index (κ2) is 15.8. The predicted molar refractivity (Wildman–Crippen MR) is 201 cm³/mol. The van der Waals surface area contributed by atoms with E-state index in [9.17, 15) is 14.7 Å². The number of aliphatic hydroxyl groups excluding tert-OH is 1. The summed E-state index contributed by atoms with van der Waals surface area (Å²) in [6, 6.07) is -0.504. The number of methoxy groups -OCH3 is 1. The number of carbonyl (C=O) groups excluding carboxylic acids is 2. The van der Waals surface area contributed by atoms with Crippen molar-refractivity contribution in [3.8, 4) is 0 Å². The Bertz CT molecular complexity index is 1900. The summed E-state index contributed by atoms with van der Waals surface area (Å²) in [6.07, 6.45) is 9.43. The summed E-state index contributed by atoms with van der Waals surface area (Å²) in [7, 11) is 1.35. The van der Waals surface area contributed by atoms with Crippen LogP contribution in [0.2, 0.25) is 0 Å². The van der Waals surface area contributed by atoms with Gasteiger partial charge in [0.25, 0.3) is 0 Å². The number of carbonyl (C=O) groups is 2. The van der Waals surface area contributed by atoms with Crippen LogP contribution >= 0.6 is 0 Å². The molecule has 51 heavy (non-hydrogen) atoms. The first-order valence-corrected chi connectivity index (χ1v) is 18.5. The molecule has 10 heteroatoms. The predicted octanol–water partition coefficient (Wildman–Crippen LogP) is 5.91. The van der Waals surface area contributed by atoms with E-state index in [0.717, 1.165) is 70.9 Å². The molecule has 7 atom stereocenters. The SMILES string of the molecule is CCc1c2[n-]c(c1C)/C=C1\[N-]C(=C(C)[C@H]1CC)/C=C1\[N-]C(C3=c4[n-]/c(c(C)c4[C@H](O)[C@@H]3C(=O)OC)=C\2)[C@@H](CCC(=O)OCCC(C)CC)[C@@H]1C.[Mg+2]. The van der Waals surface area contributed by atoms with Crippen molar-refractivity contribution in [2.75, 3.05) is 13.7 Å². The summed E-state index contributed by atoms with van der Waals surface area (Å²) in [5, 5.41) is 23.7. The smallest absolute Gasteiger partial charge is 0.681 e. The van der Waals surface area contributed by atoms with Crippen LogP contribution in [0.15, 0.2) is 28.7 Å². The molecular formula is C41H52MgN4O5-2. The minimum atomic E-state index is -1.13. The minimum Gasteiger partial charge on any atom is -0.681 e. The molecule has 2 aromatic rings. The fourth-order valence-corrected chi connectivity index (χ4v) is 8.42. The molecular weight excluding hydrogens is 653 g/mol. The molecule has 6 rings (SSSR count). The van der Waals surface area contributed by atoms with E-state index in [4.69, 9.17) is 30.1 Å². The largest absolute Gasteiger partial charge is 2.00 e. The summed E-state index contributed by atoms with van der Waals surface area (Å²) < 4.78 is 10.9. The average molecular weight is 705 g/mol. The number of aliphatic hydroxyl groups is 1. The van der Waals surface area contributed by atoms with Crippen LogP contribution in [0.5, 0.6) is 0 Å². The molecule has 1 N–H and O–H groups in total. The number of aromatic nitrogens is 2. The van der Waals surface area contributed by atoms with Crippen LogP contribution in [0.25, 0.3) is 28.4 Å². The maximum absolute atomic E-state index is 13.5. The van der Waals surface area contributed by atoms with Gasteiger partial charge in [-0.15, -0.1) is 27.8 Å². The van der Waals surface area contributed by atoms with Gasteiger partial charge >= 0.3 is 35.0 Å². The van der Waals surface area contributed by atoms with E-state index < -0.39 is 24.0 Å². The number of nitrogens with zero attached hydrogens (tertiary/aromatic N) is 4. The number of hydrogen-bond acceptors (Lipinski definition) is 5. The maximum Gasteiger partial charge on any atom is 2.00 e. The third-order valence-corrected chi connectivity index (χ3v) is 11.8. The van der Waals surface area contributed by atoms with Crippen molar-refractivity contribution in [3.05, 3.63) is 83.7 Å². The number of fused-ring (bicyclic) bond motifs is 8. The molecule has 3 aliphatic heterocycles. The Morgan fingerprint density at radius 2 is 1.75 bits per heavy atom. The van der Waals surface area contributed by atoms with Crippen LogP contribution in [0.4, 0.5) is 0 Å². The molecule has 0 radical (unpaired) electrons. The summed E-state index contributed by atoms with van der Waals surface area (Å²) in [4.78, 5) is 36.8. The Hall–Kier alpha value is -3.21. The zero-order valence-electron chi connectivity index (χ0n) is 31.8. The van der Waals surface area contributed by atoms with Gasteiger partial charge in [-0.3, -0.25) is 9.59 Å². The summed E-state index contributed by atoms with van der Waals surface area (Å²) in [5.41, 5.74) is 10.1. The van der Waals surface area contributed by atoms with Gasteiger partial charge in [-0.05, 0) is 75.7 Å². The van der Waals surface area contributed by atoms with Crippen molar-refractivity contribution in [2.45, 2.75) is 106 Å². The van der Waals surface area contributed by atoms with E-state index in [1.54, 1.807) is 0 Å². The molecule has 1 fully saturated rings. The van der Waals surface area contributed by atoms with Gasteiger partial charge in [0.05, 0.1) is 19.8 Å².